The lowest BCUT2D eigenvalue weighted by molar-refractivity contribution is -0.447. The topological polar surface area (TPSA) is 0 Å². The van der Waals surface area contributed by atoms with Crippen LogP contribution in [0.2, 0.25) is 0 Å². The molecule has 0 aliphatic rings. The zero-order valence-corrected chi connectivity index (χ0v) is 11.8. The molecule has 0 heterocycles. The van der Waals surface area contributed by atoms with Crippen LogP contribution in [0.3, 0.4) is 0 Å². The fourth-order valence-corrected chi connectivity index (χ4v) is 1.49. The summed E-state index contributed by atoms with van der Waals surface area (Å²) in [5.74, 6) is -40.2. The highest BCUT2D eigenvalue weighted by Crippen LogP contribution is 2.63. The van der Waals surface area contributed by atoms with Gasteiger partial charge in [0.25, 0.3) is 0 Å². The molecular weight excluding hydrogens is 424 g/mol. The highest BCUT2D eigenvalue weighted by Gasteiger charge is 2.93. The summed E-state index contributed by atoms with van der Waals surface area (Å²) in [6, 6.07) is 0. The van der Waals surface area contributed by atoms with Gasteiger partial charge in [0.1, 0.15) is 0 Å². The second-order valence-corrected chi connectivity index (χ2v) is 4.78. The van der Waals surface area contributed by atoms with Crippen LogP contribution in [-0.4, -0.2) is 41.5 Å². The van der Waals surface area contributed by atoms with Gasteiger partial charge in [-0.05, 0) is 6.42 Å². The van der Waals surface area contributed by atoms with Gasteiger partial charge in [-0.3, -0.25) is 0 Å². The molecular formula is C10H5F16. The number of alkyl halides is 14. The number of halogens is 16. The van der Waals surface area contributed by atoms with Crippen molar-refractivity contribution in [1.29, 1.82) is 0 Å². The third kappa shape index (κ3) is 2.86. The van der Waals surface area contributed by atoms with E-state index in [9.17, 15) is 70.2 Å². The van der Waals surface area contributed by atoms with E-state index in [4.69, 9.17) is 0 Å². The van der Waals surface area contributed by atoms with Crippen molar-refractivity contribution in [2.75, 3.05) is 0 Å². The van der Waals surface area contributed by atoms with Crippen LogP contribution in [0.1, 0.15) is 13.3 Å². The first kappa shape index (κ1) is 24.9. The van der Waals surface area contributed by atoms with E-state index in [1.165, 1.54) is 0 Å². The van der Waals surface area contributed by atoms with Crippen LogP contribution in [0.5, 0.6) is 0 Å². The SMILES string of the molecule is CCC(F)([C](F)F)C(F)(F)C(F)(F)C(F)(F)C(F)(F)C(F)(F)C(F)(F)F. The van der Waals surface area contributed by atoms with E-state index in [1.54, 1.807) is 0 Å². The monoisotopic (exact) mass is 429 g/mol. The molecule has 0 rings (SSSR count). The van der Waals surface area contributed by atoms with E-state index in [0.29, 0.717) is 0 Å². The number of hydrogen-bond donors (Lipinski definition) is 0. The predicted molar refractivity (Wildman–Crippen MR) is 50.4 cm³/mol. The molecule has 26 heavy (non-hydrogen) atoms. The minimum absolute atomic E-state index is 0.0657. The van der Waals surface area contributed by atoms with E-state index in [-0.39, 0.29) is 6.92 Å². The van der Waals surface area contributed by atoms with Crippen LogP contribution in [0.4, 0.5) is 70.2 Å². The van der Waals surface area contributed by atoms with Crippen LogP contribution in [0.25, 0.3) is 0 Å². The Balaban J connectivity index is 6.60. The Hall–Kier alpha value is -1.12. The smallest absolute Gasteiger partial charge is 0.230 e. The van der Waals surface area contributed by atoms with E-state index < -0.39 is 54.3 Å². The summed E-state index contributed by atoms with van der Waals surface area (Å²) in [4.78, 5) is 0. The van der Waals surface area contributed by atoms with Gasteiger partial charge in [0.15, 0.2) is 0 Å². The molecule has 0 aliphatic carbocycles. The minimum atomic E-state index is -8.31. The second kappa shape index (κ2) is 6.21. The third-order valence-electron chi connectivity index (χ3n) is 3.22. The summed E-state index contributed by atoms with van der Waals surface area (Å²) in [7, 11) is 0. The average molecular weight is 429 g/mol. The number of hydrogen-bond acceptors (Lipinski definition) is 0. The van der Waals surface area contributed by atoms with Gasteiger partial charge in [-0.2, -0.15) is 65.9 Å². The molecule has 0 saturated heterocycles. The fraction of sp³-hybridized carbons (Fsp3) is 0.900. The molecule has 0 saturated carbocycles. The number of rotatable bonds is 7. The normalized spacial score (nSPS) is 18.2. The van der Waals surface area contributed by atoms with Gasteiger partial charge in [-0.1, -0.05) is 6.92 Å². The molecule has 0 amide bonds. The lowest BCUT2D eigenvalue weighted by Crippen LogP contribution is -2.73. The van der Waals surface area contributed by atoms with Crippen LogP contribution in [-0.2, 0) is 0 Å². The summed E-state index contributed by atoms with van der Waals surface area (Å²) >= 11 is 0. The molecule has 0 bridgehead atoms. The van der Waals surface area contributed by atoms with E-state index in [1.807, 2.05) is 0 Å². The molecule has 157 valence electrons. The molecule has 16 heteroatoms. The molecule has 0 fully saturated rings. The predicted octanol–water partition coefficient (Wildman–Crippen LogP) is 6.27. The summed E-state index contributed by atoms with van der Waals surface area (Å²) in [6.07, 6.45) is -14.4. The van der Waals surface area contributed by atoms with Crippen molar-refractivity contribution < 1.29 is 70.2 Å². The lowest BCUT2D eigenvalue weighted by atomic mass is 9.84. The Morgan fingerprint density at radius 3 is 1.00 bits per heavy atom. The van der Waals surface area contributed by atoms with E-state index >= 15 is 0 Å². The third-order valence-corrected chi connectivity index (χ3v) is 3.22. The Labute approximate surface area is 133 Å². The van der Waals surface area contributed by atoms with Gasteiger partial charge >= 0.3 is 42.2 Å². The Bertz CT molecular complexity index is 475. The van der Waals surface area contributed by atoms with Gasteiger partial charge in [0.2, 0.25) is 5.67 Å². The van der Waals surface area contributed by atoms with Crippen LogP contribution in [0.15, 0.2) is 0 Å². The van der Waals surface area contributed by atoms with Crippen molar-refractivity contribution in [2.24, 2.45) is 0 Å². The van der Waals surface area contributed by atoms with Gasteiger partial charge in [0, 0.05) is 0 Å². The quantitative estimate of drug-likeness (QED) is 0.419. The molecule has 1 radical (unpaired) electrons. The minimum Gasteiger partial charge on any atom is -0.230 e. The molecule has 0 N–H and O–H groups in total. The largest absolute Gasteiger partial charge is 0.460 e. The molecule has 0 spiro atoms. The van der Waals surface area contributed by atoms with Crippen LogP contribution >= 0.6 is 0 Å². The van der Waals surface area contributed by atoms with Crippen molar-refractivity contribution in [3.05, 3.63) is 6.43 Å². The molecule has 0 nitrogen and oxygen atoms in total. The molecule has 0 aromatic carbocycles. The summed E-state index contributed by atoms with van der Waals surface area (Å²) < 4.78 is 203. The summed E-state index contributed by atoms with van der Waals surface area (Å²) in [6.45, 7) is -0.0657. The first-order chi connectivity index (χ1) is 11.0. The zero-order valence-electron chi connectivity index (χ0n) is 11.8. The lowest BCUT2D eigenvalue weighted by Gasteiger charge is -2.43. The van der Waals surface area contributed by atoms with Crippen molar-refractivity contribution in [1.82, 2.24) is 0 Å². The fourth-order valence-electron chi connectivity index (χ4n) is 1.49. The first-order valence-corrected chi connectivity index (χ1v) is 5.83. The molecule has 0 aromatic rings. The maximum absolute atomic E-state index is 13.4. The zero-order chi connectivity index (χ0) is 21.8. The van der Waals surface area contributed by atoms with Gasteiger partial charge in [-0.15, -0.1) is 0 Å². The Morgan fingerprint density at radius 1 is 0.500 bits per heavy atom. The van der Waals surface area contributed by atoms with Crippen LogP contribution in [0, 0.1) is 6.43 Å². The van der Waals surface area contributed by atoms with Gasteiger partial charge in [-0.25, -0.2) is 4.39 Å². The standard InChI is InChI=1S/C10H5F16/c1-2-4(13,3(11)12)5(14,15)6(16,17)7(18,19)8(20,21)9(22,23)10(24,25)26/h2H2,1H3. The van der Waals surface area contributed by atoms with Crippen molar-refractivity contribution in [2.45, 2.75) is 54.8 Å². The molecule has 0 aromatic heterocycles. The van der Waals surface area contributed by atoms with E-state index in [2.05, 4.69) is 0 Å². The Morgan fingerprint density at radius 2 is 0.769 bits per heavy atom. The second-order valence-electron chi connectivity index (χ2n) is 4.78. The van der Waals surface area contributed by atoms with Crippen molar-refractivity contribution >= 4 is 0 Å². The van der Waals surface area contributed by atoms with Gasteiger partial charge in [0.05, 0.1) is 0 Å². The molecule has 0 aliphatic heterocycles. The highest BCUT2D eigenvalue weighted by molar-refractivity contribution is 5.17. The summed E-state index contributed by atoms with van der Waals surface area (Å²) in [5.41, 5.74) is -6.04. The molecule has 1 atom stereocenters. The highest BCUT2D eigenvalue weighted by atomic mass is 19.4. The maximum Gasteiger partial charge on any atom is 0.460 e. The summed E-state index contributed by atoms with van der Waals surface area (Å²) in [5, 5.41) is 0. The van der Waals surface area contributed by atoms with Crippen LogP contribution < -0.4 is 0 Å². The molecule has 1 unspecified atom stereocenters. The van der Waals surface area contributed by atoms with Gasteiger partial charge < -0.3 is 0 Å². The van der Waals surface area contributed by atoms with E-state index in [0.717, 1.165) is 0 Å². The average Bonchev–Trinajstić information content (AvgIpc) is 2.43. The Kier molecular flexibility index (Phi) is 5.94. The maximum atomic E-state index is 13.4. The van der Waals surface area contributed by atoms with Crippen molar-refractivity contribution in [3.63, 3.8) is 0 Å². The van der Waals surface area contributed by atoms with Crippen molar-refractivity contribution in [3.8, 4) is 0 Å². The first-order valence-electron chi connectivity index (χ1n) is 5.83.